The largest absolute Gasteiger partial charge is 0.369 e. The van der Waals surface area contributed by atoms with Crippen LogP contribution in [0, 0.1) is 0 Å². The summed E-state index contributed by atoms with van der Waals surface area (Å²) in [7, 11) is 3.45. The first kappa shape index (κ1) is 12.9. The van der Waals surface area contributed by atoms with Gasteiger partial charge in [-0.15, -0.1) is 0 Å². The fourth-order valence-corrected chi connectivity index (χ4v) is 2.32. The Morgan fingerprint density at radius 2 is 2.17 bits per heavy atom. The van der Waals surface area contributed by atoms with Gasteiger partial charge in [0.2, 0.25) is 11.9 Å². The first-order valence-electron chi connectivity index (χ1n) is 5.56. The van der Waals surface area contributed by atoms with Crippen LogP contribution in [-0.2, 0) is 4.79 Å². The lowest BCUT2D eigenvalue weighted by molar-refractivity contribution is -0.131. The number of aromatic nitrogens is 2. The van der Waals surface area contributed by atoms with Crippen LogP contribution in [0.1, 0.15) is 13.0 Å². The van der Waals surface area contributed by atoms with E-state index in [1.807, 2.05) is 25.1 Å². The lowest BCUT2D eigenvalue weighted by Crippen LogP contribution is -2.30. The Kier molecular flexibility index (Phi) is 3.30. The van der Waals surface area contributed by atoms with E-state index in [-0.39, 0.29) is 11.9 Å². The van der Waals surface area contributed by atoms with Crippen LogP contribution in [0.3, 0.4) is 0 Å². The average Bonchev–Trinajstić information content (AvgIpc) is 2.62. The van der Waals surface area contributed by atoms with Crippen molar-refractivity contribution < 1.29 is 4.79 Å². The van der Waals surface area contributed by atoms with Gasteiger partial charge in [-0.3, -0.25) is 9.36 Å². The summed E-state index contributed by atoms with van der Waals surface area (Å²) in [5.74, 6) is 0.340. The van der Waals surface area contributed by atoms with E-state index in [0.717, 1.165) is 15.5 Å². The quantitative estimate of drug-likeness (QED) is 0.923. The number of amides is 1. The number of rotatable bonds is 2. The van der Waals surface area contributed by atoms with Gasteiger partial charge in [0, 0.05) is 18.6 Å². The number of hydrogen-bond donors (Lipinski definition) is 1. The van der Waals surface area contributed by atoms with E-state index in [1.165, 1.54) is 0 Å². The van der Waals surface area contributed by atoms with Crippen LogP contribution in [0.4, 0.5) is 5.95 Å². The number of nitrogens with zero attached hydrogens (tertiary/aromatic N) is 3. The van der Waals surface area contributed by atoms with Crippen LogP contribution >= 0.6 is 15.9 Å². The zero-order valence-electron chi connectivity index (χ0n) is 10.5. The maximum absolute atomic E-state index is 12.0. The van der Waals surface area contributed by atoms with Crippen molar-refractivity contribution in [3.05, 3.63) is 22.7 Å². The minimum Gasteiger partial charge on any atom is -0.369 e. The van der Waals surface area contributed by atoms with Gasteiger partial charge in [0.05, 0.1) is 11.0 Å². The number of anilines is 1. The average molecular weight is 311 g/mol. The monoisotopic (exact) mass is 310 g/mol. The SMILES string of the molecule is CC(C(=O)N(C)C)n1c(N)nc2ccc(Br)cc21. The number of fused-ring (bicyclic) bond motifs is 1. The van der Waals surface area contributed by atoms with Crippen molar-refractivity contribution in [2.75, 3.05) is 19.8 Å². The first-order chi connectivity index (χ1) is 8.41. The molecule has 0 saturated heterocycles. The molecule has 0 radical (unpaired) electrons. The van der Waals surface area contributed by atoms with E-state index in [1.54, 1.807) is 23.6 Å². The second-order valence-electron chi connectivity index (χ2n) is 4.38. The zero-order chi connectivity index (χ0) is 13.4. The van der Waals surface area contributed by atoms with E-state index in [2.05, 4.69) is 20.9 Å². The Morgan fingerprint density at radius 3 is 2.78 bits per heavy atom. The molecule has 1 heterocycles. The Morgan fingerprint density at radius 1 is 1.50 bits per heavy atom. The fourth-order valence-electron chi connectivity index (χ4n) is 1.98. The van der Waals surface area contributed by atoms with Gasteiger partial charge in [-0.05, 0) is 25.1 Å². The molecule has 96 valence electrons. The minimum atomic E-state index is -0.376. The number of hydrogen-bond acceptors (Lipinski definition) is 3. The fraction of sp³-hybridized carbons (Fsp3) is 0.333. The lowest BCUT2D eigenvalue weighted by Gasteiger charge is -2.19. The van der Waals surface area contributed by atoms with Crippen molar-refractivity contribution in [1.29, 1.82) is 0 Å². The summed E-state index contributed by atoms with van der Waals surface area (Å²) in [6, 6.07) is 5.31. The topological polar surface area (TPSA) is 64.2 Å². The number of benzene rings is 1. The van der Waals surface area contributed by atoms with Crippen molar-refractivity contribution in [2.24, 2.45) is 0 Å². The van der Waals surface area contributed by atoms with Crippen LogP contribution in [0.2, 0.25) is 0 Å². The van der Waals surface area contributed by atoms with Gasteiger partial charge in [-0.2, -0.15) is 0 Å². The van der Waals surface area contributed by atoms with Gasteiger partial charge in [-0.25, -0.2) is 4.98 Å². The molecule has 0 aliphatic carbocycles. The molecule has 0 aliphatic rings. The molecule has 1 amide bonds. The third-order valence-corrected chi connectivity index (χ3v) is 3.36. The van der Waals surface area contributed by atoms with Gasteiger partial charge in [0.25, 0.3) is 0 Å². The number of carbonyl (C=O) groups is 1. The molecule has 2 rings (SSSR count). The molecule has 0 bridgehead atoms. The van der Waals surface area contributed by atoms with Crippen molar-refractivity contribution in [1.82, 2.24) is 14.5 Å². The molecule has 0 saturated carbocycles. The van der Waals surface area contributed by atoms with Crippen LogP contribution in [-0.4, -0.2) is 34.5 Å². The molecule has 0 fully saturated rings. The molecule has 2 aromatic rings. The van der Waals surface area contributed by atoms with Crippen molar-refractivity contribution in [3.8, 4) is 0 Å². The zero-order valence-corrected chi connectivity index (χ0v) is 12.1. The summed E-state index contributed by atoms with van der Waals surface area (Å²) in [5, 5.41) is 0. The smallest absolute Gasteiger partial charge is 0.244 e. The minimum absolute atomic E-state index is 0.0130. The van der Waals surface area contributed by atoms with Gasteiger partial charge in [0.1, 0.15) is 6.04 Å². The summed E-state index contributed by atoms with van der Waals surface area (Å²) in [4.78, 5) is 17.8. The molecule has 2 N–H and O–H groups in total. The molecule has 6 heteroatoms. The van der Waals surface area contributed by atoms with Crippen molar-refractivity contribution in [3.63, 3.8) is 0 Å². The third-order valence-electron chi connectivity index (χ3n) is 2.86. The molecule has 1 aromatic heterocycles. The Balaban J connectivity index is 2.59. The van der Waals surface area contributed by atoms with E-state index in [0.29, 0.717) is 5.95 Å². The summed E-state index contributed by atoms with van der Waals surface area (Å²) in [6.45, 7) is 1.82. The lowest BCUT2D eigenvalue weighted by atomic mass is 10.2. The first-order valence-corrected chi connectivity index (χ1v) is 6.35. The Bertz CT molecular complexity index is 605. The third kappa shape index (κ3) is 2.08. The number of nitrogen functional groups attached to an aromatic ring is 1. The summed E-state index contributed by atoms with van der Waals surface area (Å²) in [6.07, 6.45) is 0. The predicted octanol–water partition coefficient (Wildman–Crippen LogP) is 2.03. The van der Waals surface area contributed by atoms with Crippen LogP contribution in [0.15, 0.2) is 22.7 Å². The second-order valence-corrected chi connectivity index (χ2v) is 5.30. The van der Waals surface area contributed by atoms with E-state index < -0.39 is 0 Å². The van der Waals surface area contributed by atoms with Crippen LogP contribution < -0.4 is 5.73 Å². The van der Waals surface area contributed by atoms with Gasteiger partial charge < -0.3 is 10.6 Å². The van der Waals surface area contributed by atoms with Crippen LogP contribution in [0.5, 0.6) is 0 Å². The van der Waals surface area contributed by atoms with Crippen molar-refractivity contribution >= 4 is 38.8 Å². The molecular weight excluding hydrogens is 296 g/mol. The maximum atomic E-state index is 12.0. The standard InChI is InChI=1S/C12H15BrN4O/c1-7(11(18)16(2)3)17-10-6-8(13)4-5-9(10)15-12(17)14/h4-7H,1-3H3,(H2,14,15). The molecule has 1 aromatic carbocycles. The number of halogens is 1. The van der Waals surface area contributed by atoms with E-state index in [4.69, 9.17) is 5.73 Å². The highest BCUT2D eigenvalue weighted by Crippen LogP contribution is 2.26. The Labute approximate surface area is 114 Å². The predicted molar refractivity (Wildman–Crippen MR) is 75.3 cm³/mol. The molecule has 1 unspecified atom stereocenters. The normalized spacial score (nSPS) is 12.7. The maximum Gasteiger partial charge on any atom is 0.244 e. The highest BCUT2D eigenvalue weighted by molar-refractivity contribution is 9.10. The highest BCUT2D eigenvalue weighted by Gasteiger charge is 2.21. The second kappa shape index (κ2) is 4.61. The van der Waals surface area contributed by atoms with Gasteiger partial charge in [0.15, 0.2) is 0 Å². The molecule has 18 heavy (non-hydrogen) atoms. The molecule has 1 atom stereocenters. The van der Waals surface area contributed by atoms with Crippen molar-refractivity contribution in [2.45, 2.75) is 13.0 Å². The van der Waals surface area contributed by atoms with E-state index >= 15 is 0 Å². The molecule has 0 spiro atoms. The Hall–Kier alpha value is -1.56. The number of nitrogens with two attached hydrogens (primary N) is 1. The number of imidazole rings is 1. The highest BCUT2D eigenvalue weighted by atomic mass is 79.9. The summed E-state index contributed by atoms with van der Waals surface area (Å²) in [5.41, 5.74) is 7.55. The molecule has 0 aliphatic heterocycles. The molecule has 5 nitrogen and oxygen atoms in total. The number of likely N-dealkylation sites (N-methyl/N-ethyl adjacent to an activating group) is 1. The van der Waals surface area contributed by atoms with E-state index in [9.17, 15) is 4.79 Å². The summed E-state index contributed by atoms with van der Waals surface area (Å²) < 4.78 is 2.68. The summed E-state index contributed by atoms with van der Waals surface area (Å²) >= 11 is 3.41. The van der Waals surface area contributed by atoms with Gasteiger partial charge >= 0.3 is 0 Å². The molecular formula is C12H15BrN4O. The van der Waals surface area contributed by atoms with Crippen LogP contribution in [0.25, 0.3) is 11.0 Å². The number of carbonyl (C=O) groups excluding carboxylic acids is 1. The van der Waals surface area contributed by atoms with Gasteiger partial charge in [-0.1, -0.05) is 15.9 Å².